The molecule has 92 valence electrons. The summed E-state index contributed by atoms with van der Waals surface area (Å²) in [7, 11) is 0. The molecule has 17 heavy (non-hydrogen) atoms. The van der Waals surface area contributed by atoms with Gasteiger partial charge in [0.2, 0.25) is 0 Å². The van der Waals surface area contributed by atoms with E-state index in [1.165, 1.54) is 18.4 Å². The molecule has 1 atom stereocenters. The first kappa shape index (κ1) is 12.1. The largest absolute Gasteiger partial charge is 0.480 e. The molecule has 1 aliphatic rings. The molecule has 3 nitrogen and oxygen atoms in total. The fraction of sp³-hybridized carbons (Fsp3) is 0.500. The van der Waals surface area contributed by atoms with Crippen LogP contribution >= 0.6 is 0 Å². The Morgan fingerprint density at radius 1 is 1.41 bits per heavy atom. The standard InChI is InChI=1S/C14H19NO2/c1-11(13-7-8-13)15(10-14(16)17)9-12-5-3-2-4-6-12/h2-6,11,13H,7-10H2,1H3,(H,16,17). The zero-order valence-electron chi connectivity index (χ0n) is 10.2. The van der Waals surface area contributed by atoms with Crippen LogP contribution in [0.15, 0.2) is 30.3 Å². The van der Waals surface area contributed by atoms with E-state index >= 15 is 0 Å². The number of nitrogens with zero attached hydrogens (tertiary/aromatic N) is 1. The van der Waals surface area contributed by atoms with Crippen LogP contribution in [0.4, 0.5) is 0 Å². The Morgan fingerprint density at radius 2 is 2.06 bits per heavy atom. The van der Waals surface area contributed by atoms with E-state index in [2.05, 4.69) is 24.0 Å². The van der Waals surface area contributed by atoms with Crippen molar-refractivity contribution in [3.8, 4) is 0 Å². The molecule has 1 saturated carbocycles. The zero-order valence-corrected chi connectivity index (χ0v) is 10.2. The molecule has 1 aliphatic carbocycles. The SMILES string of the molecule is CC(C1CC1)N(CC(=O)O)Cc1ccccc1. The minimum atomic E-state index is -0.742. The van der Waals surface area contributed by atoms with Crippen LogP contribution in [0, 0.1) is 5.92 Å². The number of benzene rings is 1. The Labute approximate surface area is 102 Å². The van der Waals surface area contributed by atoms with Gasteiger partial charge in [-0.1, -0.05) is 30.3 Å². The van der Waals surface area contributed by atoms with Gasteiger partial charge in [0.15, 0.2) is 0 Å². The molecule has 1 fully saturated rings. The minimum absolute atomic E-state index is 0.132. The van der Waals surface area contributed by atoms with Gasteiger partial charge in [-0.05, 0) is 31.2 Å². The number of hydrogen-bond acceptors (Lipinski definition) is 2. The van der Waals surface area contributed by atoms with Crippen LogP contribution in [0.1, 0.15) is 25.3 Å². The Hall–Kier alpha value is -1.35. The Bertz CT molecular complexity index is 373. The summed E-state index contributed by atoms with van der Waals surface area (Å²) < 4.78 is 0. The highest BCUT2D eigenvalue weighted by Crippen LogP contribution is 2.35. The molecular formula is C14H19NO2. The molecule has 0 bridgehead atoms. The number of hydrogen-bond donors (Lipinski definition) is 1. The van der Waals surface area contributed by atoms with Gasteiger partial charge in [0.25, 0.3) is 0 Å². The van der Waals surface area contributed by atoms with E-state index in [9.17, 15) is 4.79 Å². The number of rotatable bonds is 6. The van der Waals surface area contributed by atoms with Gasteiger partial charge in [0.05, 0.1) is 6.54 Å². The summed E-state index contributed by atoms with van der Waals surface area (Å²) in [6, 6.07) is 10.4. The van der Waals surface area contributed by atoms with E-state index in [1.807, 2.05) is 18.2 Å². The van der Waals surface area contributed by atoms with Crippen LogP contribution in [0.3, 0.4) is 0 Å². The molecule has 2 rings (SSSR count). The Balaban J connectivity index is 2.01. The van der Waals surface area contributed by atoms with Gasteiger partial charge in [0.1, 0.15) is 0 Å². The summed E-state index contributed by atoms with van der Waals surface area (Å²) in [5, 5.41) is 8.97. The van der Waals surface area contributed by atoms with E-state index in [1.54, 1.807) is 0 Å². The van der Waals surface area contributed by atoms with Crippen LogP contribution < -0.4 is 0 Å². The van der Waals surface area contributed by atoms with Crippen LogP contribution in [-0.4, -0.2) is 28.6 Å². The first-order chi connectivity index (χ1) is 8.16. The molecule has 0 amide bonds. The molecule has 1 N–H and O–H groups in total. The van der Waals surface area contributed by atoms with Crippen molar-refractivity contribution in [2.24, 2.45) is 5.92 Å². The second kappa shape index (κ2) is 5.32. The molecule has 1 unspecified atom stereocenters. The van der Waals surface area contributed by atoms with Crippen LogP contribution in [-0.2, 0) is 11.3 Å². The predicted octanol–water partition coefficient (Wildman–Crippen LogP) is 2.37. The molecule has 0 saturated heterocycles. The third-order valence-electron chi connectivity index (χ3n) is 3.45. The smallest absolute Gasteiger partial charge is 0.317 e. The Kier molecular flexibility index (Phi) is 3.79. The molecule has 0 aliphatic heterocycles. The monoisotopic (exact) mass is 233 g/mol. The van der Waals surface area contributed by atoms with E-state index < -0.39 is 5.97 Å². The number of carboxylic acids is 1. The average Bonchev–Trinajstić information content (AvgIpc) is 3.12. The van der Waals surface area contributed by atoms with E-state index in [0.29, 0.717) is 12.0 Å². The first-order valence-electron chi connectivity index (χ1n) is 6.16. The summed E-state index contributed by atoms with van der Waals surface area (Å²) in [5.41, 5.74) is 1.18. The van der Waals surface area contributed by atoms with Gasteiger partial charge in [-0.15, -0.1) is 0 Å². The van der Waals surface area contributed by atoms with Crippen molar-refractivity contribution in [1.29, 1.82) is 0 Å². The summed E-state index contributed by atoms with van der Waals surface area (Å²) in [5.74, 6) is -0.0495. The van der Waals surface area contributed by atoms with Gasteiger partial charge in [-0.3, -0.25) is 9.69 Å². The molecule has 3 heteroatoms. The van der Waals surface area contributed by atoms with Crippen molar-refractivity contribution in [3.05, 3.63) is 35.9 Å². The molecule has 0 radical (unpaired) electrons. The highest BCUT2D eigenvalue weighted by Gasteiger charge is 2.32. The molecule has 0 spiro atoms. The molecule has 1 aromatic carbocycles. The minimum Gasteiger partial charge on any atom is -0.480 e. The summed E-state index contributed by atoms with van der Waals surface area (Å²) in [6.45, 7) is 3.00. The number of carboxylic acid groups (broad SMARTS) is 1. The van der Waals surface area contributed by atoms with Gasteiger partial charge in [-0.25, -0.2) is 0 Å². The van der Waals surface area contributed by atoms with Crippen LogP contribution in [0.5, 0.6) is 0 Å². The lowest BCUT2D eigenvalue weighted by molar-refractivity contribution is -0.139. The second-order valence-electron chi connectivity index (χ2n) is 4.86. The van der Waals surface area contributed by atoms with Crippen molar-refractivity contribution in [2.45, 2.75) is 32.4 Å². The van der Waals surface area contributed by atoms with E-state index in [-0.39, 0.29) is 6.54 Å². The number of aliphatic carboxylic acids is 1. The lowest BCUT2D eigenvalue weighted by Crippen LogP contribution is -2.38. The predicted molar refractivity (Wildman–Crippen MR) is 66.7 cm³/mol. The first-order valence-corrected chi connectivity index (χ1v) is 6.16. The lowest BCUT2D eigenvalue weighted by atomic mass is 10.1. The lowest BCUT2D eigenvalue weighted by Gasteiger charge is -2.27. The molecule has 1 aromatic rings. The fourth-order valence-electron chi connectivity index (χ4n) is 2.21. The van der Waals surface area contributed by atoms with Gasteiger partial charge >= 0.3 is 5.97 Å². The fourth-order valence-corrected chi connectivity index (χ4v) is 2.21. The van der Waals surface area contributed by atoms with Crippen LogP contribution in [0.25, 0.3) is 0 Å². The maximum absolute atomic E-state index is 10.9. The molecule has 0 heterocycles. The van der Waals surface area contributed by atoms with E-state index in [4.69, 9.17) is 5.11 Å². The zero-order chi connectivity index (χ0) is 12.3. The summed E-state index contributed by atoms with van der Waals surface area (Å²) >= 11 is 0. The third-order valence-corrected chi connectivity index (χ3v) is 3.45. The van der Waals surface area contributed by atoms with Crippen molar-refractivity contribution in [3.63, 3.8) is 0 Å². The number of carbonyl (C=O) groups is 1. The normalized spacial score (nSPS) is 17.1. The highest BCUT2D eigenvalue weighted by atomic mass is 16.4. The van der Waals surface area contributed by atoms with Crippen LogP contribution in [0.2, 0.25) is 0 Å². The molecule has 0 aromatic heterocycles. The van der Waals surface area contributed by atoms with E-state index in [0.717, 1.165) is 6.54 Å². The quantitative estimate of drug-likeness (QED) is 0.820. The topological polar surface area (TPSA) is 40.5 Å². The second-order valence-corrected chi connectivity index (χ2v) is 4.86. The Morgan fingerprint density at radius 3 is 2.59 bits per heavy atom. The third kappa shape index (κ3) is 3.56. The molecular weight excluding hydrogens is 214 g/mol. The van der Waals surface area contributed by atoms with Crippen molar-refractivity contribution in [2.75, 3.05) is 6.54 Å². The highest BCUT2D eigenvalue weighted by molar-refractivity contribution is 5.69. The van der Waals surface area contributed by atoms with Gasteiger partial charge < -0.3 is 5.11 Å². The maximum atomic E-state index is 10.9. The summed E-state index contributed by atoms with van der Waals surface area (Å²) in [4.78, 5) is 13.0. The van der Waals surface area contributed by atoms with Gasteiger partial charge in [0, 0.05) is 12.6 Å². The van der Waals surface area contributed by atoms with Gasteiger partial charge in [-0.2, -0.15) is 0 Å². The average molecular weight is 233 g/mol. The van der Waals surface area contributed by atoms with Crippen molar-refractivity contribution >= 4 is 5.97 Å². The summed E-state index contributed by atoms with van der Waals surface area (Å²) in [6.07, 6.45) is 2.48. The van der Waals surface area contributed by atoms with Crippen molar-refractivity contribution < 1.29 is 9.90 Å². The van der Waals surface area contributed by atoms with Crippen molar-refractivity contribution in [1.82, 2.24) is 4.90 Å². The maximum Gasteiger partial charge on any atom is 0.317 e.